The Morgan fingerprint density at radius 2 is 1.90 bits per heavy atom. The first-order valence-electron chi connectivity index (χ1n) is 6.64. The number of aliphatic hydroxyl groups is 1. The molecule has 2 aromatic rings. The molecule has 104 valence electrons. The minimum atomic E-state index is 0.0299. The summed E-state index contributed by atoms with van der Waals surface area (Å²) in [5.74, 6) is 1.49. The summed E-state index contributed by atoms with van der Waals surface area (Å²) in [6.45, 7) is 1.54. The molecule has 0 atom stereocenters. The number of benzene rings is 2. The Kier molecular flexibility index (Phi) is 3.58. The molecule has 0 aliphatic carbocycles. The molecule has 3 N–H and O–H groups in total. The first kappa shape index (κ1) is 13.0. The van der Waals surface area contributed by atoms with Crippen molar-refractivity contribution in [3.63, 3.8) is 0 Å². The second kappa shape index (κ2) is 5.53. The number of rotatable bonds is 3. The van der Waals surface area contributed by atoms with E-state index < -0.39 is 0 Å². The maximum atomic E-state index is 9.24. The summed E-state index contributed by atoms with van der Waals surface area (Å²) < 4.78 is 11.3. The Balaban J connectivity index is 2.09. The van der Waals surface area contributed by atoms with Gasteiger partial charge in [0, 0.05) is 12.1 Å². The Morgan fingerprint density at radius 1 is 1.05 bits per heavy atom. The van der Waals surface area contributed by atoms with Crippen LogP contribution in [0.15, 0.2) is 36.4 Å². The van der Waals surface area contributed by atoms with Gasteiger partial charge in [-0.2, -0.15) is 0 Å². The van der Waals surface area contributed by atoms with Crippen LogP contribution in [-0.4, -0.2) is 18.3 Å². The van der Waals surface area contributed by atoms with Crippen molar-refractivity contribution in [3.8, 4) is 22.6 Å². The van der Waals surface area contributed by atoms with Crippen LogP contribution in [0.2, 0.25) is 0 Å². The maximum absolute atomic E-state index is 9.24. The van der Waals surface area contributed by atoms with E-state index in [2.05, 4.69) is 0 Å². The molecule has 2 aromatic carbocycles. The third-order valence-electron chi connectivity index (χ3n) is 3.38. The van der Waals surface area contributed by atoms with Gasteiger partial charge < -0.3 is 20.3 Å². The van der Waals surface area contributed by atoms with Crippen molar-refractivity contribution in [2.24, 2.45) is 5.73 Å². The quantitative estimate of drug-likeness (QED) is 0.897. The summed E-state index contributed by atoms with van der Waals surface area (Å²) in [5, 5.41) is 9.24. The van der Waals surface area contributed by atoms with Gasteiger partial charge in [-0.3, -0.25) is 0 Å². The molecule has 4 heteroatoms. The molecule has 0 aromatic heterocycles. The fraction of sp³-hybridized carbons (Fsp3) is 0.250. The van der Waals surface area contributed by atoms with Gasteiger partial charge in [-0.05, 0) is 34.9 Å². The van der Waals surface area contributed by atoms with Crippen LogP contribution in [0.5, 0.6) is 11.5 Å². The number of nitrogens with two attached hydrogens (primary N) is 1. The van der Waals surface area contributed by atoms with E-state index in [0.29, 0.717) is 19.8 Å². The van der Waals surface area contributed by atoms with Crippen LogP contribution in [0, 0.1) is 0 Å². The molecule has 0 saturated heterocycles. The largest absolute Gasteiger partial charge is 0.486 e. The van der Waals surface area contributed by atoms with Crippen LogP contribution >= 0.6 is 0 Å². The maximum Gasteiger partial charge on any atom is 0.165 e. The van der Waals surface area contributed by atoms with Crippen LogP contribution in [0.25, 0.3) is 11.1 Å². The van der Waals surface area contributed by atoms with Crippen molar-refractivity contribution in [3.05, 3.63) is 47.5 Å². The normalized spacial score (nSPS) is 13.3. The van der Waals surface area contributed by atoms with Crippen molar-refractivity contribution < 1.29 is 14.6 Å². The zero-order chi connectivity index (χ0) is 13.9. The third-order valence-corrected chi connectivity index (χ3v) is 3.38. The van der Waals surface area contributed by atoms with E-state index in [9.17, 15) is 5.11 Å². The molecular formula is C16H17NO3. The number of ether oxygens (including phenoxy) is 2. The van der Waals surface area contributed by atoms with Crippen molar-refractivity contribution >= 4 is 0 Å². The standard InChI is InChI=1S/C16H17NO3/c17-9-14-7-13(8-15-16(14)20-5-4-19-15)12-3-1-2-11(6-12)10-18/h1-3,6-8,18H,4-5,9-10,17H2. The van der Waals surface area contributed by atoms with Gasteiger partial charge in [-0.1, -0.05) is 18.2 Å². The van der Waals surface area contributed by atoms with E-state index in [4.69, 9.17) is 15.2 Å². The van der Waals surface area contributed by atoms with Gasteiger partial charge in [0.05, 0.1) is 6.61 Å². The zero-order valence-electron chi connectivity index (χ0n) is 11.1. The van der Waals surface area contributed by atoms with Gasteiger partial charge in [0.25, 0.3) is 0 Å². The van der Waals surface area contributed by atoms with E-state index in [1.54, 1.807) is 0 Å². The molecule has 4 nitrogen and oxygen atoms in total. The van der Waals surface area contributed by atoms with Crippen LogP contribution in [0.1, 0.15) is 11.1 Å². The highest BCUT2D eigenvalue weighted by molar-refractivity contribution is 5.70. The van der Waals surface area contributed by atoms with Crippen molar-refractivity contribution in [2.75, 3.05) is 13.2 Å². The van der Waals surface area contributed by atoms with E-state index in [1.165, 1.54) is 0 Å². The SMILES string of the molecule is NCc1cc(-c2cccc(CO)c2)cc2c1OCCO2. The Bertz CT molecular complexity index is 608. The minimum absolute atomic E-state index is 0.0299. The highest BCUT2D eigenvalue weighted by atomic mass is 16.6. The molecule has 0 saturated carbocycles. The second-order valence-electron chi connectivity index (χ2n) is 4.72. The molecule has 0 spiro atoms. The van der Waals surface area contributed by atoms with Crippen LogP contribution in [0.4, 0.5) is 0 Å². The molecule has 0 radical (unpaired) electrons. The van der Waals surface area contributed by atoms with Crippen LogP contribution < -0.4 is 15.2 Å². The summed E-state index contributed by atoms with van der Waals surface area (Å²) in [7, 11) is 0. The number of fused-ring (bicyclic) bond motifs is 1. The van der Waals surface area contributed by atoms with Gasteiger partial charge in [0.15, 0.2) is 11.5 Å². The number of aliphatic hydroxyl groups excluding tert-OH is 1. The fourth-order valence-corrected chi connectivity index (χ4v) is 2.39. The van der Waals surface area contributed by atoms with Gasteiger partial charge in [0.2, 0.25) is 0 Å². The lowest BCUT2D eigenvalue weighted by atomic mass is 10.00. The Morgan fingerprint density at radius 3 is 2.70 bits per heavy atom. The molecule has 0 fully saturated rings. The zero-order valence-corrected chi connectivity index (χ0v) is 11.1. The highest BCUT2D eigenvalue weighted by Gasteiger charge is 2.17. The fourth-order valence-electron chi connectivity index (χ4n) is 2.39. The predicted molar refractivity (Wildman–Crippen MR) is 76.7 cm³/mol. The van der Waals surface area contributed by atoms with Gasteiger partial charge >= 0.3 is 0 Å². The van der Waals surface area contributed by atoms with Crippen molar-refractivity contribution in [1.82, 2.24) is 0 Å². The molecule has 0 amide bonds. The Hall–Kier alpha value is -2.04. The highest BCUT2D eigenvalue weighted by Crippen LogP contribution is 2.38. The second-order valence-corrected chi connectivity index (χ2v) is 4.72. The summed E-state index contributed by atoms with van der Waals surface area (Å²) >= 11 is 0. The Labute approximate surface area is 117 Å². The van der Waals surface area contributed by atoms with Crippen LogP contribution in [-0.2, 0) is 13.2 Å². The summed E-state index contributed by atoms with van der Waals surface area (Å²) in [6.07, 6.45) is 0. The van der Waals surface area contributed by atoms with Crippen molar-refractivity contribution in [2.45, 2.75) is 13.2 Å². The summed E-state index contributed by atoms with van der Waals surface area (Å²) in [5.41, 5.74) is 9.67. The first-order chi connectivity index (χ1) is 9.81. The molecule has 1 aliphatic rings. The lowest BCUT2D eigenvalue weighted by molar-refractivity contribution is 0.170. The molecule has 1 heterocycles. The molecule has 20 heavy (non-hydrogen) atoms. The number of hydrogen-bond donors (Lipinski definition) is 2. The minimum Gasteiger partial charge on any atom is -0.486 e. The van der Waals surface area contributed by atoms with Gasteiger partial charge in [-0.15, -0.1) is 0 Å². The molecule has 0 unspecified atom stereocenters. The summed E-state index contributed by atoms with van der Waals surface area (Å²) in [4.78, 5) is 0. The molecule has 1 aliphatic heterocycles. The van der Waals surface area contributed by atoms with E-state index in [-0.39, 0.29) is 6.61 Å². The molecular weight excluding hydrogens is 254 g/mol. The van der Waals surface area contributed by atoms with E-state index >= 15 is 0 Å². The number of hydrogen-bond acceptors (Lipinski definition) is 4. The van der Waals surface area contributed by atoms with Gasteiger partial charge in [-0.25, -0.2) is 0 Å². The van der Waals surface area contributed by atoms with Crippen molar-refractivity contribution in [1.29, 1.82) is 0 Å². The third kappa shape index (κ3) is 2.35. The lowest BCUT2D eigenvalue weighted by Gasteiger charge is -2.22. The smallest absolute Gasteiger partial charge is 0.165 e. The van der Waals surface area contributed by atoms with E-state index in [0.717, 1.165) is 33.8 Å². The molecule has 0 bridgehead atoms. The first-order valence-corrected chi connectivity index (χ1v) is 6.64. The predicted octanol–water partition coefficient (Wildman–Crippen LogP) is 2.08. The molecule has 3 rings (SSSR count). The lowest BCUT2D eigenvalue weighted by Crippen LogP contribution is -2.17. The van der Waals surface area contributed by atoms with E-state index in [1.807, 2.05) is 36.4 Å². The van der Waals surface area contributed by atoms with Gasteiger partial charge in [0.1, 0.15) is 13.2 Å². The summed E-state index contributed by atoms with van der Waals surface area (Å²) in [6, 6.07) is 11.8. The topological polar surface area (TPSA) is 64.7 Å². The average molecular weight is 271 g/mol. The van der Waals surface area contributed by atoms with Crippen LogP contribution in [0.3, 0.4) is 0 Å². The monoisotopic (exact) mass is 271 g/mol. The average Bonchev–Trinajstić information content (AvgIpc) is 2.53.